The summed E-state index contributed by atoms with van der Waals surface area (Å²) in [4.78, 5) is 10.3. The van der Waals surface area contributed by atoms with Gasteiger partial charge in [0, 0.05) is 6.07 Å². The molecule has 0 aromatic heterocycles. The number of ether oxygens (including phenoxy) is 2. The largest absolute Gasteiger partial charge is 0.491 e. The van der Waals surface area contributed by atoms with Gasteiger partial charge in [0.2, 0.25) is 0 Å². The maximum absolute atomic E-state index is 10.3. The van der Waals surface area contributed by atoms with E-state index in [1.165, 1.54) is 0 Å². The van der Waals surface area contributed by atoms with E-state index in [-0.39, 0.29) is 12.7 Å². The van der Waals surface area contributed by atoms with Gasteiger partial charge in [-0.2, -0.15) is 0 Å². The molecule has 0 atom stereocenters. The summed E-state index contributed by atoms with van der Waals surface area (Å²) in [5, 5.41) is 8.43. The van der Waals surface area contributed by atoms with Crippen LogP contribution in [0, 0.1) is 0 Å². The van der Waals surface area contributed by atoms with Gasteiger partial charge in [-0.1, -0.05) is 6.07 Å². The van der Waals surface area contributed by atoms with Gasteiger partial charge in [-0.05, 0) is 26.0 Å². The van der Waals surface area contributed by atoms with Crippen molar-refractivity contribution in [3.8, 4) is 11.5 Å². The minimum absolute atomic E-state index is 0.0831. The van der Waals surface area contributed by atoms with Crippen LogP contribution in [0.4, 0.5) is 0 Å². The van der Waals surface area contributed by atoms with Gasteiger partial charge in [-0.3, -0.25) is 0 Å². The SMILES string of the molecule is CC(C)Oc1cccc(OCC(=O)O)c1. The quantitative estimate of drug-likeness (QED) is 0.806. The first kappa shape index (κ1) is 11.4. The highest BCUT2D eigenvalue weighted by Gasteiger charge is 2.02. The van der Waals surface area contributed by atoms with Gasteiger partial charge in [0.25, 0.3) is 0 Å². The van der Waals surface area contributed by atoms with Crippen molar-refractivity contribution in [1.29, 1.82) is 0 Å². The van der Waals surface area contributed by atoms with E-state index in [1.54, 1.807) is 24.3 Å². The topological polar surface area (TPSA) is 55.8 Å². The van der Waals surface area contributed by atoms with Crippen LogP contribution >= 0.6 is 0 Å². The molecule has 4 heteroatoms. The lowest BCUT2D eigenvalue weighted by atomic mass is 10.3. The van der Waals surface area contributed by atoms with Crippen molar-refractivity contribution < 1.29 is 19.4 Å². The van der Waals surface area contributed by atoms with E-state index in [2.05, 4.69) is 0 Å². The fourth-order valence-corrected chi connectivity index (χ4v) is 1.05. The van der Waals surface area contributed by atoms with E-state index in [9.17, 15) is 4.79 Å². The molecule has 0 aliphatic rings. The lowest BCUT2D eigenvalue weighted by molar-refractivity contribution is -0.139. The number of hydrogen-bond acceptors (Lipinski definition) is 3. The van der Waals surface area contributed by atoms with Crippen molar-refractivity contribution in [3.63, 3.8) is 0 Å². The Kier molecular flexibility index (Phi) is 3.97. The molecule has 0 aliphatic heterocycles. The first-order chi connectivity index (χ1) is 7.08. The molecule has 0 fully saturated rings. The van der Waals surface area contributed by atoms with Crippen molar-refractivity contribution in [1.82, 2.24) is 0 Å². The third-order valence-corrected chi connectivity index (χ3v) is 1.54. The highest BCUT2D eigenvalue weighted by molar-refractivity contribution is 5.68. The van der Waals surface area contributed by atoms with Gasteiger partial charge in [0.05, 0.1) is 6.10 Å². The van der Waals surface area contributed by atoms with Crippen LogP contribution in [0.2, 0.25) is 0 Å². The molecule has 0 saturated heterocycles. The molecule has 1 aromatic rings. The van der Waals surface area contributed by atoms with E-state index in [0.717, 1.165) is 0 Å². The maximum Gasteiger partial charge on any atom is 0.341 e. The Morgan fingerprint density at radius 2 is 2.07 bits per heavy atom. The summed E-state index contributed by atoms with van der Waals surface area (Å²) in [6.45, 7) is 3.50. The lowest BCUT2D eigenvalue weighted by Gasteiger charge is -2.10. The normalized spacial score (nSPS) is 10.1. The Hall–Kier alpha value is -1.71. The van der Waals surface area contributed by atoms with Crippen LogP contribution in [0.25, 0.3) is 0 Å². The summed E-state index contributed by atoms with van der Waals surface area (Å²) >= 11 is 0. The molecule has 4 nitrogen and oxygen atoms in total. The zero-order valence-corrected chi connectivity index (χ0v) is 8.77. The zero-order chi connectivity index (χ0) is 11.3. The van der Waals surface area contributed by atoms with E-state index in [0.29, 0.717) is 11.5 Å². The molecule has 0 spiro atoms. The van der Waals surface area contributed by atoms with Crippen LogP contribution in [0.3, 0.4) is 0 Å². The minimum Gasteiger partial charge on any atom is -0.491 e. The molecule has 1 N–H and O–H groups in total. The standard InChI is InChI=1S/C11H14O4/c1-8(2)15-10-5-3-4-9(6-10)14-7-11(12)13/h3-6,8H,7H2,1-2H3,(H,12,13). The molecular formula is C11H14O4. The average Bonchev–Trinajstić information content (AvgIpc) is 2.14. The molecule has 0 unspecified atom stereocenters. The number of carboxylic acid groups (broad SMARTS) is 1. The van der Waals surface area contributed by atoms with E-state index in [1.807, 2.05) is 13.8 Å². The van der Waals surface area contributed by atoms with E-state index >= 15 is 0 Å². The second-order valence-corrected chi connectivity index (χ2v) is 3.32. The number of aliphatic carboxylic acids is 1. The summed E-state index contributed by atoms with van der Waals surface area (Å²) in [5.41, 5.74) is 0. The number of carbonyl (C=O) groups is 1. The molecule has 0 radical (unpaired) electrons. The Morgan fingerprint density at radius 1 is 1.40 bits per heavy atom. The summed E-state index contributed by atoms with van der Waals surface area (Å²) in [7, 11) is 0. The fourth-order valence-electron chi connectivity index (χ4n) is 1.05. The van der Waals surface area contributed by atoms with E-state index in [4.69, 9.17) is 14.6 Å². The van der Waals surface area contributed by atoms with Crippen LogP contribution in [-0.2, 0) is 4.79 Å². The van der Waals surface area contributed by atoms with Gasteiger partial charge < -0.3 is 14.6 Å². The maximum atomic E-state index is 10.3. The van der Waals surface area contributed by atoms with Crippen molar-refractivity contribution in [2.24, 2.45) is 0 Å². The van der Waals surface area contributed by atoms with Gasteiger partial charge in [0.1, 0.15) is 11.5 Å². The van der Waals surface area contributed by atoms with Crippen LogP contribution in [0.5, 0.6) is 11.5 Å². The minimum atomic E-state index is -0.995. The molecule has 1 aromatic carbocycles. The third kappa shape index (κ3) is 4.35. The van der Waals surface area contributed by atoms with Gasteiger partial charge in [0.15, 0.2) is 6.61 Å². The smallest absolute Gasteiger partial charge is 0.341 e. The second kappa shape index (κ2) is 5.24. The Morgan fingerprint density at radius 3 is 2.67 bits per heavy atom. The molecule has 82 valence electrons. The molecule has 0 aliphatic carbocycles. The third-order valence-electron chi connectivity index (χ3n) is 1.54. The van der Waals surface area contributed by atoms with Gasteiger partial charge in [-0.25, -0.2) is 4.79 Å². The molecule has 0 amide bonds. The highest BCUT2D eigenvalue weighted by Crippen LogP contribution is 2.20. The van der Waals surface area contributed by atoms with Crippen LogP contribution in [0.1, 0.15) is 13.8 Å². The monoisotopic (exact) mass is 210 g/mol. The second-order valence-electron chi connectivity index (χ2n) is 3.32. The van der Waals surface area contributed by atoms with Crippen molar-refractivity contribution >= 4 is 5.97 Å². The molecule has 1 rings (SSSR count). The molecule has 0 bridgehead atoms. The van der Waals surface area contributed by atoms with Crippen LogP contribution in [-0.4, -0.2) is 23.8 Å². The number of rotatable bonds is 5. The molecular weight excluding hydrogens is 196 g/mol. The van der Waals surface area contributed by atoms with Crippen LogP contribution in [0.15, 0.2) is 24.3 Å². The number of benzene rings is 1. The fraction of sp³-hybridized carbons (Fsp3) is 0.364. The predicted octanol–water partition coefficient (Wildman–Crippen LogP) is 1.94. The predicted molar refractivity (Wildman–Crippen MR) is 55.3 cm³/mol. The van der Waals surface area contributed by atoms with E-state index < -0.39 is 5.97 Å². The Bertz CT molecular complexity index is 333. The molecule has 15 heavy (non-hydrogen) atoms. The lowest BCUT2D eigenvalue weighted by Crippen LogP contribution is -2.10. The molecule has 0 saturated carbocycles. The van der Waals surface area contributed by atoms with Crippen molar-refractivity contribution in [2.75, 3.05) is 6.61 Å². The average molecular weight is 210 g/mol. The summed E-state index contributed by atoms with van der Waals surface area (Å²) < 4.78 is 10.4. The summed E-state index contributed by atoms with van der Waals surface area (Å²) in [5.74, 6) is 0.175. The van der Waals surface area contributed by atoms with Crippen LogP contribution < -0.4 is 9.47 Å². The number of hydrogen-bond donors (Lipinski definition) is 1. The van der Waals surface area contributed by atoms with Gasteiger partial charge >= 0.3 is 5.97 Å². The first-order valence-corrected chi connectivity index (χ1v) is 4.69. The summed E-state index contributed by atoms with van der Waals surface area (Å²) in [6.07, 6.45) is 0.0831. The number of carboxylic acids is 1. The zero-order valence-electron chi connectivity index (χ0n) is 8.77. The van der Waals surface area contributed by atoms with Crippen molar-refractivity contribution in [3.05, 3.63) is 24.3 Å². The Balaban J connectivity index is 2.61. The van der Waals surface area contributed by atoms with Crippen molar-refractivity contribution in [2.45, 2.75) is 20.0 Å². The first-order valence-electron chi connectivity index (χ1n) is 4.69. The Labute approximate surface area is 88.4 Å². The molecule has 0 heterocycles. The highest BCUT2D eigenvalue weighted by atomic mass is 16.5. The summed E-state index contributed by atoms with van der Waals surface area (Å²) in [6, 6.07) is 6.92. The van der Waals surface area contributed by atoms with Gasteiger partial charge in [-0.15, -0.1) is 0 Å².